The number of nitrogens with zero attached hydrogens (tertiary/aromatic N) is 1. The fourth-order valence-electron chi connectivity index (χ4n) is 2.24. The number of aryl methyl sites for hydroxylation is 1. The molecule has 104 valence electrons. The SMILES string of the molecule is Cc1ccnc(B2OC(C)(C)C(C)(C)O2)c1CCN. The Balaban J connectivity index is 2.37. The first-order valence-electron chi connectivity index (χ1n) is 6.78. The quantitative estimate of drug-likeness (QED) is 0.831. The highest BCUT2D eigenvalue weighted by molar-refractivity contribution is 6.61. The first kappa shape index (κ1) is 14.5. The lowest BCUT2D eigenvalue weighted by molar-refractivity contribution is 0.00578. The van der Waals surface area contributed by atoms with Crippen molar-refractivity contribution in [2.24, 2.45) is 5.73 Å². The van der Waals surface area contributed by atoms with Gasteiger partial charge in [0.05, 0.1) is 16.8 Å². The maximum atomic E-state index is 6.07. The van der Waals surface area contributed by atoms with Gasteiger partial charge in [-0.25, -0.2) is 0 Å². The van der Waals surface area contributed by atoms with Crippen molar-refractivity contribution in [3.05, 3.63) is 23.4 Å². The van der Waals surface area contributed by atoms with E-state index in [-0.39, 0.29) is 11.2 Å². The number of hydrogen-bond donors (Lipinski definition) is 1. The average molecular weight is 262 g/mol. The second kappa shape index (κ2) is 4.89. The van der Waals surface area contributed by atoms with Crippen LogP contribution in [0, 0.1) is 6.92 Å². The van der Waals surface area contributed by atoms with Gasteiger partial charge in [-0.15, -0.1) is 0 Å². The fraction of sp³-hybridized carbons (Fsp3) is 0.643. The molecule has 5 heteroatoms. The Kier molecular flexibility index (Phi) is 3.73. The molecule has 2 rings (SSSR count). The molecule has 1 fully saturated rings. The summed E-state index contributed by atoms with van der Waals surface area (Å²) in [4.78, 5) is 4.47. The summed E-state index contributed by atoms with van der Waals surface area (Å²) >= 11 is 0. The highest BCUT2D eigenvalue weighted by atomic mass is 16.7. The lowest BCUT2D eigenvalue weighted by atomic mass is 9.79. The van der Waals surface area contributed by atoms with Gasteiger partial charge in [0.1, 0.15) is 0 Å². The summed E-state index contributed by atoms with van der Waals surface area (Å²) < 4.78 is 12.1. The van der Waals surface area contributed by atoms with Crippen LogP contribution in [0.3, 0.4) is 0 Å². The Morgan fingerprint density at radius 3 is 2.32 bits per heavy atom. The molecule has 4 nitrogen and oxygen atoms in total. The smallest absolute Gasteiger partial charge is 0.398 e. The molecule has 0 amide bonds. The van der Waals surface area contributed by atoms with E-state index in [1.54, 1.807) is 6.20 Å². The van der Waals surface area contributed by atoms with Crippen LogP contribution in [0.5, 0.6) is 0 Å². The standard InChI is InChI=1S/C14H23BN2O2/c1-10-7-9-17-12(11(10)6-8-16)15-18-13(2,3)14(4,5)19-15/h7,9H,6,8,16H2,1-5H3. The van der Waals surface area contributed by atoms with Gasteiger partial charge in [0.25, 0.3) is 0 Å². The van der Waals surface area contributed by atoms with Crippen molar-refractivity contribution in [3.8, 4) is 0 Å². The molecule has 2 N–H and O–H groups in total. The van der Waals surface area contributed by atoms with Crippen LogP contribution < -0.4 is 11.3 Å². The van der Waals surface area contributed by atoms with E-state index in [4.69, 9.17) is 15.0 Å². The topological polar surface area (TPSA) is 57.4 Å². The van der Waals surface area contributed by atoms with Gasteiger partial charge < -0.3 is 15.0 Å². The lowest BCUT2D eigenvalue weighted by Gasteiger charge is -2.32. The Labute approximate surface area is 115 Å². The number of aromatic nitrogens is 1. The van der Waals surface area contributed by atoms with Crippen LogP contribution >= 0.6 is 0 Å². The Bertz CT molecular complexity index is 459. The monoisotopic (exact) mass is 262 g/mol. The van der Waals surface area contributed by atoms with Crippen LogP contribution in [0.15, 0.2) is 12.3 Å². The third kappa shape index (κ3) is 2.55. The first-order valence-corrected chi connectivity index (χ1v) is 6.78. The first-order chi connectivity index (χ1) is 8.78. The Morgan fingerprint density at radius 2 is 1.79 bits per heavy atom. The summed E-state index contributed by atoms with van der Waals surface area (Å²) in [6, 6.07) is 2.00. The van der Waals surface area contributed by atoms with E-state index < -0.39 is 7.12 Å². The number of hydrogen-bond acceptors (Lipinski definition) is 4. The van der Waals surface area contributed by atoms with Crippen molar-refractivity contribution in [2.75, 3.05) is 6.54 Å². The van der Waals surface area contributed by atoms with Crippen molar-refractivity contribution in [1.29, 1.82) is 0 Å². The maximum absolute atomic E-state index is 6.07. The van der Waals surface area contributed by atoms with E-state index in [1.165, 1.54) is 5.56 Å². The molecular weight excluding hydrogens is 239 g/mol. The molecule has 0 saturated carbocycles. The minimum absolute atomic E-state index is 0.344. The molecule has 2 heterocycles. The predicted molar refractivity (Wildman–Crippen MR) is 77.4 cm³/mol. The Hall–Kier alpha value is -0.905. The summed E-state index contributed by atoms with van der Waals surface area (Å²) in [6.45, 7) is 10.9. The van der Waals surface area contributed by atoms with Gasteiger partial charge in [0.2, 0.25) is 0 Å². The normalized spacial score (nSPS) is 20.8. The average Bonchev–Trinajstić information content (AvgIpc) is 2.51. The van der Waals surface area contributed by atoms with E-state index >= 15 is 0 Å². The van der Waals surface area contributed by atoms with Crippen molar-refractivity contribution < 1.29 is 9.31 Å². The van der Waals surface area contributed by atoms with Crippen LogP contribution in [-0.2, 0) is 15.7 Å². The molecule has 1 aromatic rings. The van der Waals surface area contributed by atoms with Crippen LogP contribution in [0.4, 0.5) is 0 Å². The number of pyridine rings is 1. The van der Waals surface area contributed by atoms with Gasteiger partial charge in [-0.1, -0.05) is 0 Å². The Morgan fingerprint density at radius 1 is 1.21 bits per heavy atom. The predicted octanol–water partition coefficient (Wildman–Crippen LogP) is 1.19. The molecule has 0 bridgehead atoms. The molecule has 19 heavy (non-hydrogen) atoms. The minimum Gasteiger partial charge on any atom is -0.398 e. The van der Waals surface area contributed by atoms with E-state index in [0.717, 1.165) is 17.6 Å². The summed E-state index contributed by atoms with van der Waals surface area (Å²) in [5.41, 5.74) is 8.20. The minimum atomic E-state index is -0.411. The summed E-state index contributed by atoms with van der Waals surface area (Å²) in [6.07, 6.45) is 2.59. The molecule has 1 aliphatic rings. The zero-order valence-corrected chi connectivity index (χ0v) is 12.5. The largest absolute Gasteiger partial charge is 0.514 e. The third-order valence-electron chi connectivity index (χ3n) is 4.19. The molecule has 1 saturated heterocycles. The highest BCUT2D eigenvalue weighted by Crippen LogP contribution is 2.36. The van der Waals surface area contributed by atoms with Gasteiger partial charge in [0, 0.05) is 6.20 Å². The number of rotatable bonds is 3. The third-order valence-corrected chi connectivity index (χ3v) is 4.19. The van der Waals surface area contributed by atoms with Gasteiger partial charge >= 0.3 is 7.12 Å². The molecule has 0 aliphatic carbocycles. The second-order valence-electron chi connectivity index (χ2n) is 6.12. The molecular formula is C14H23BN2O2. The summed E-state index contributed by atoms with van der Waals surface area (Å²) in [5, 5.41) is 0. The highest BCUT2D eigenvalue weighted by Gasteiger charge is 2.52. The molecule has 0 aromatic carbocycles. The molecule has 0 radical (unpaired) electrons. The van der Waals surface area contributed by atoms with Crippen molar-refractivity contribution >= 4 is 12.7 Å². The summed E-state index contributed by atoms with van der Waals surface area (Å²) in [7, 11) is -0.411. The zero-order valence-electron chi connectivity index (χ0n) is 12.5. The van der Waals surface area contributed by atoms with Crippen LogP contribution in [0.25, 0.3) is 0 Å². The van der Waals surface area contributed by atoms with Crippen molar-refractivity contribution in [1.82, 2.24) is 4.98 Å². The van der Waals surface area contributed by atoms with E-state index in [1.807, 2.05) is 33.8 Å². The van der Waals surface area contributed by atoms with Crippen LogP contribution in [-0.4, -0.2) is 29.8 Å². The van der Waals surface area contributed by atoms with Crippen molar-refractivity contribution in [3.63, 3.8) is 0 Å². The fourth-order valence-corrected chi connectivity index (χ4v) is 2.24. The summed E-state index contributed by atoms with van der Waals surface area (Å²) in [5.74, 6) is 0. The second-order valence-corrected chi connectivity index (χ2v) is 6.12. The molecule has 1 aromatic heterocycles. The zero-order chi connectivity index (χ0) is 14.3. The van der Waals surface area contributed by atoms with Crippen molar-refractivity contribution in [2.45, 2.75) is 52.2 Å². The molecule has 0 spiro atoms. The van der Waals surface area contributed by atoms with Gasteiger partial charge in [-0.3, -0.25) is 4.98 Å². The van der Waals surface area contributed by atoms with E-state index in [2.05, 4.69) is 11.9 Å². The number of nitrogens with two attached hydrogens (primary N) is 1. The molecule has 0 unspecified atom stereocenters. The van der Waals surface area contributed by atoms with Gasteiger partial charge in [-0.05, 0) is 64.8 Å². The molecule has 1 aliphatic heterocycles. The van der Waals surface area contributed by atoms with Crippen LogP contribution in [0.1, 0.15) is 38.8 Å². The van der Waals surface area contributed by atoms with Gasteiger partial charge in [0.15, 0.2) is 0 Å². The lowest BCUT2D eigenvalue weighted by Crippen LogP contribution is -2.41. The maximum Gasteiger partial charge on any atom is 0.514 e. The van der Waals surface area contributed by atoms with Crippen LogP contribution in [0.2, 0.25) is 0 Å². The molecule has 0 atom stereocenters. The van der Waals surface area contributed by atoms with Gasteiger partial charge in [-0.2, -0.15) is 0 Å². The van der Waals surface area contributed by atoms with E-state index in [9.17, 15) is 0 Å². The van der Waals surface area contributed by atoms with E-state index in [0.29, 0.717) is 6.54 Å².